The van der Waals surface area contributed by atoms with Crippen molar-refractivity contribution in [1.82, 2.24) is 9.97 Å². The van der Waals surface area contributed by atoms with Crippen molar-refractivity contribution >= 4 is 17.4 Å². The lowest BCUT2D eigenvalue weighted by Gasteiger charge is -2.07. The van der Waals surface area contributed by atoms with Crippen LogP contribution in [0.25, 0.3) is 0 Å². The molecular formula is C9H12N4O. The molecule has 0 radical (unpaired) electrons. The molecule has 0 atom stereocenters. The van der Waals surface area contributed by atoms with Crippen LogP contribution in [-0.2, 0) is 0 Å². The number of nitrogens with two attached hydrogens (primary N) is 1. The molecule has 0 aliphatic heterocycles. The van der Waals surface area contributed by atoms with E-state index in [9.17, 15) is 4.79 Å². The number of nitrogen functional groups attached to an aromatic ring is 1. The molecule has 0 unspecified atom stereocenters. The van der Waals surface area contributed by atoms with Gasteiger partial charge in [0.25, 0.3) is 0 Å². The van der Waals surface area contributed by atoms with Gasteiger partial charge in [0, 0.05) is 6.42 Å². The molecule has 1 rings (SSSR count). The van der Waals surface area contributed by atoms with E-state index in [1.807, 2.05) is 0 Å². The summed E-state index contributed by atoms with van der Waals surface area (Å²) in [4.78, 5) is 19.2. The van der Waals surface area contributed by atoms with E-state index in [4.69, 9.17) is 5.73 Å². The molecule has 0 bridgehead atoms. The highest BCUT2D eigenvalue weighted by Crippen LogP contribution is 2.18. The van der Waals surface area contributed by atoms with Gasteiger partial charge in [-0.05, 0) is 6.20 Å². The van der Waals surface area contributed by atoms with Crippen LogP contribution in [0.2, 0.25) is 0 Å². The number of hydrogen-bond acceptors (Lipinski definition) is 5. The number of nitrogens with one attached hydrogen (secondary N) is 1. The second-order valence-electron chi connectivity index (χ2n) is 2.61. The fraction of sp³-hybridized carbons (Fsp3) is 0.222. The van der Waals surface area contributed by atoms with Gasteiger partial charge in [-0.3, -0.25) is 4.79 Å². The quantitative estimate of drug-likeness (QED) is 0.701. The molecule has 0 fully saturated rings. The Kier molecular flexibility index (Phi) is 3.17. The molecule has 5 nitrogen and oxygen atoms in total. The van der Waals surface area contributed by atoms with Crippen LogP contribution in [0.15, 0.2) is 19.1 Å². The normalized spacial score (nSPS) is 9.50. The molecule has 0 amide bonds. The van der Waals surface area contributed by atoms with Crippen molar-refractivity contribution in [2.75, 3.05) is 11.1 Å². The fourth-order valence-corrected chi connectivity index (χ4v) is 1.06. The number of hydrogen-bond donors (Lipinski definition) is 2. The molecule has 0 saturated heterocycles. The summed E-state index contributed by atoms with van der Waals surface area (Å²) in [5.41, 5.74) is 5.91. The van der Waals surface area contributed by atoms with Crippen molar-refractivity contribution in [2.24, 2.45) is 0 Å². The summed E-state index contributed by atoms with van der Waals surface area (Å²) in [5.74, 6) is 0.503. The highest BCUT2D eigenvalue weighted by atomic mass is 16.1. The van der Waals surface area contributed by atoms with E-state index >= 15 is 0 Å². The van der Waals surface area contributed by atoms with Gasteiger partial charge in [-0.1, -0.05) is 13.5 Å². The fourth-order valence-electron chi connectivity index (χ4n) is 1.06. The zero-order valence-electron chi connectivity index (χ0n) is 7.95. The first-order valence-corrected chi connectivity index (χ1v) is 4.21. The van der Waals surface area contributed by atoms with Gasteiger partial charge in [0.15, 0.2) is 5.78 Å². The summed E-state index contributed by atoms with van der Waals surface area (Å²) in [5, 5.41) is 2.74. The van der Waals surface area contributed by atoms with Crippen LogP contribution >= 0.6 is 0 Å². The van der Waals surface area contributed by atoms with E-state index in [0.29, 0.717) is 17.8 Å². The average molecular weight is 192 g/mol. The van der Waals surface area contributed by atoms with Gasteiger partial charge in [0.05, 0.1) is 0 Å². The summed E-state index contributed by atoms with van der Waals surface area (Å²) in [6.07, 6.45) is 3.10. The molecule has 0 saturated carbocycles. The van der Waals surface area contributed by atoms with Crippen LogP contribution in [0.1, 0.15) is 23.7 Å². The number of anilines is 2. The number of ketones is 1. The highest BCUT2D eigenvalue weighted by molar-refractivity contribution is 6.04. The Balaban J connectivity index is 3.21. The Morgan fingerprint density at radius 2 is 2.43 bits per heavy atom. The predicted molar refractivity (Wildman–Crippen MR) is 54.9 cm³/mol. The van der Waals surface area contributed by atoms with Crippen molar-refractivity contribution in [2.45, 2.75) is 13.3 Å². The molecule has 1 heterocycles. The lowest BCUT2D eigenvalue weighted by molar-refractivity contribution is 0.0989. The third kappa shape index (κ3) is 1.87. The third-order valence-corrected chi connectivity index (χ3v) is 1.72. The minimum atomic E-state index is -0.0903. The minimum Gasteiger partial charge on any atom is -0.383 e. The van der Waals surface area contributed by atoms with Crippen LogP contribution in [0.5, 0.6) is 0 Å². The van der Waals surface area contributed by atoms with Gasteiger partial charge >= 0.3 is 0 Å². The van der Waals surface area contributed by atoms with E-state index in [-0.39, 0.29) is 11.6 Å². The number of carbonyl (C=O) groups is 1. The maximum atomic E-state index is 11.5. The molecule has 14 heavy (non-hydrogen) atoms. The Labute approximate surface area is 82.1 Å². The minimum absolute atomic E-state index is 0.0903. The summed E-state index contributed by atoms with van der Waals surface area (Å²) in [7, 11) is 0. The second-order valence-corrected chi connectivity index (χ2v) is 2.61. The molecule has 5 heteroatoms. The molecule has 0 aromatic carbocycles. The molecular weight excluding hydrogens is 180 g/mol. The van der Waals surface area contributed by atoms with Gasteiger partial charge in [-0.2, -0.15) is 0 Å². The second kappa shape index (κ2) is 4.36. The van der Waals surface area contributed by atoms with Crippen molar-refractivity contribution < 1.29 is 4.79 Å². The first-order valence-electron chi connectivity index (χ1n) is 4.21. The summed E-state index contributed by atoms with van der Waals surface area (Å²) in [6.45, 7) is 5.24. The molecule has 3 N–H and O–H groups in total. The SMILES string of the molecule is C=CNc1ncnc(N)c1C(=O)CC. The molecule has 0 spiro atoms. The molecule has 1 aromatic rings. The summed E-state index contributed by atoms with van der Waals surface area (Å²) < 4.78 is 0. The Hall–Kier alpha value is -1.91. The summed E-state index contributed by atoms with van der Waals surface area (Å²) >= 11 is 0. The van der Waals surface area contributed by atoms with Crippen LogP contribution in [0.3, 0.4) is 0 Å². The molecule has 74 valence electrons. The number of carbonyl (C=O) groups excluding carboxylic acids is 1. The number of nitrogens with zero attached hydrogens (tertiary/aromatic N) is 2. The van der Waals surface area contributed by atoms with Crippen molar-refractivity contribution in [3.63, 3.8) is 0 Å². The Bertz CT molecular complexity index is 362. The van der Waals surface area contributed by atoms with E-state index in [1.165, 1.54) is 12.5 Å². The largest absolute Gasteiger partial charge is 0.383 e. The zero-order chi connectivity index (χ0) is 10.6. The predicted octanol–water partition coefficient (Wildman–Crippen LogP) is 1.21. The monoisotopic (exact) mass is 192 g/mol. The van der Waals surface area contributed by atoms with Crippen LogP contribution in [0, 0.1) is 0 Å². The van der Waals surface area contributed by atoms with Crippen LogP contribution in [0.4, 0.5) is 11.6 Å². The van der Waals surface area contributed by atoms with Crippen LogP contribution in [-0.4, -0.2) is 15.8 Å². The van der Waals surface area contributed by atoms with Crippen molar-refractivity contribution in [1.29, 1.82) is 0 Å². The maximum absolute atomic E-state index is 11.5. The van der Waals surface area contributed by atoms with Gasteiger partial charge in [0.2, 0.25) is 0 Å². The van der Waals surface area contributed by atoms with Gasteiger partial charge in [-0.25, -0.2) is 9.97 Å². The molecule has 0 aliphatic rings. The summed E-state index contributed by atoms with van der Waals surface area (Å²) in [6, 6.07) is 0. The number of Topliss-reactive ketones (excluding diaryl/α,β-unsaturated/α-hetero) is 1. The van der Waals surface area contributed by atoms with Gasteiger partial charge < -0.3 is 11.1 Å². The smallest absolute Gasteiger partial charge is 0.170 e. The highest BCUT2D eigenvalue weighted by Gasteiger charge is 2.14. The van der Waals surface area contributed by atoms with E-state index in [1.54, 1.807) is 6.92 Å². The lowest BCUT2D eigenvalue weighted by Crippen LogP contribution is -2.09. The molecule has 0 aliphatic carbocycles. The van der Waals surface area contributed by atoms with Crippen LogP contribution < -0.4 is 11.1 Å². The van der Waals surface area contributed by atoms with Gasteiger partial charge in [0.1, 0.15) is 23.5 Å². The zero-order valence-corrected chi connectivity index (χ0v) is 7.95. The van der Waals surface area contributed by atoms with E-state index in [2.05, 4.69) is 21.9 Å². The van der Waals surface area contributed by atoms with Gasteiger partial charge in [-0.15, -0.1) is 0 Å². The molecule has 1 aromatic heterocycles. The maximum Gasteiger partial charge on any atom is 0.170 e. The van der Waals surface area contributed by atoms with Crippen molar-refractivity contribution in [3.8, 4) is 0 Å². The first-order chi connectivity index (χ1) is 6.70. The van der Waals surface area contributed by atoms with Crippen molar-refractivity contribution in [3.05, 3.63) is 24.7 Å². The number of aromatic nitrogens is 2. The Morgan fingerprint density at radius 1 is 1.71 bits per heavy atom. The number of rotatable bonds is 4. The first kappa shape index (κ1) is 10.2. The topological polar surface area (TPSA) is 80.9 Å². The van der Waals surface area contributed by atoms with E-state index < -0.39 is 0 Å². The lowest BCUT2D eigenvalue weighted by atomic mass is 10.1. The van der Waals surface area contributed by atoms with E-state index in [0.717, 1.165) is 0 Å². The standard InChI is InChI=1S/C9H12N4O/c1-3-6(14)7-8(10)12-5-13-9(7)11-4-2/h4-5H,2-3H2,1H3,(H3,10,11,12,13). The third-order valence-electron chi connectivity index (χ3n) is 1.72. The average Bonchev–Trinajstić information content (AvgIpc) is 2.18. The Morgan fingerprint density at radius 3 is 3.00 bits per heavy atom.